The van der Waals surface area contributed by atoms with Crippen LogP contribution in [0.1, 0.15) is 44.6 Å². The maximum Gasteiger partial charge on any atom is 0.246 e. The lowest BCUT2D eigenvalue weighted by molar-refractivity contribution is 0.300. The van der Waals surface area contributed by atoms with Crippen LogP contribution in [0.4, 0.5) is 0 Å². The van der Waals surface area contributed by atoms with Gasteiger partial charge in [-0.05, 0) is 44.4 Å². The van der Waals surface area contributed by atoms with Crippen LogP contribution in [0.15, 0.2) is 23.1 Å². The van der Waals surface area contributed by atoms with E-state index in [1.54, 1.807) is 25.1 Å². The van der Waals surface area contributed by atoms with Crippen molar-refractivity contribution in [2.45, 2.75) is 61.3 Å². The monoisotopic (exact) mass is 401 g/mol. The van der Waals surface area contributed by atoms with E-state index in [2.05, 4.69) is 0 Å². The maximum absolute atomic E-state index is 13.0. The molecule has 6 nitrogen and oxygen atoms in total. The van der Waals surface area contributed by atoms with Crippen LogP contribution in [-0.2, 0) is 19.9 Å². The summed E-state index contributed by atoms with van der Waals surface area (Å²) in [4.78, 5) is 0.118. The molecule has 1 saturated heterocycles. The summed E-state index contributed by atoms with van der Waals surface area (Å²) in [6.07, 6.45) is 4.39. The Balaban J connectivity index is 1.77. The summed E-state index contributed by atoms with van der Waals surface area (Å²) >= 11 is 0. The molecule has 2 fully saturated rings. The Kier molecular flexibility index (Phi) is 5.65. The van der Waals surface area contributed by atoms with E-state index in [0.717, 1.165) is 24.8 Å². The first kappa shape index (κ1) is 19.6. The molecule has 1 aliphatic heterocycles. The van der Waals surface area contributed by atoms with Gasteiger partial charge in [-0.1, -0.05) is 25.3 Å². The Morgan fingerprint density at radius 3 is 2.31 bits per heavy atom. The predicted octanol–water partition coefficient (Wildman–Crippen LogP) is 2.51. The molecule has 1 heterocycles. The second-order valence-corrected chi connectivity index (χ2v) is 11.6. The normalized spacial score (nSPS) is 20.7. The highest BCUT2D eigenvalue weighted by atomic mass is 32.2. The van der Waals surface area contributed by atoms with Crippen LogP contribution in [0.2, 0.25) is 0 Å². The van der Waals surface area contributed by atoms with E-state index in [0.29, 0.717) is 25.2 Å². The molecule has 1 aromatic carbocycles. The summed E-state index contributed by atoms with van der Waals surface area (Å²) < 4.78 is 58.2. The van der Waals surface area contributed by atoms with Gasteiger partial charge in [0.25, 0.3) is 0 Å². The molecule has 1 saturated carbocycles. The fourth-order valence-electron chi connectivity index (χ4n) is 3.70. The Bertz CT molecular complexity index is 852. The van der Waals surface area contributed by atoms with Gasteiger partial charge in [-0.25, -0.2) is 16.8 Å². The van der Waals surface area contributed by atoms with Crippen molar-refractivity contribution in [2.75, 3.05) is 19.7 Å². The lowest BCUT2D eigenvalue weighted by Crippen LogP contribution is -2.58. The van der Waals surface area contributed by atoms with E-state index < -0.39 is 25.1 Å². The van der Waals surface area contributed by atoms with Gasteiger partial charge in [0.15, 0.2) is 9.84 Å². The molecule has 0 radical (unpaired) electrons. The smallest absolute Gasteiger partial charge is 0.246 e. The summed E-state index contributed by atoms with van der Waals surface area (Å²) in [5, 5.41) is -0.884. The number of sulfonamides is 1. The average molecular weight is 402 g/mol. The van der Waals surface area contributed by atoms with Crippen LogP contribution in [0.3, 0.4) is 0 Å². The molecular weight excluding hydrogens is 374 g/mol. The fourth-order valence-corrected chi connectivity index (χ4v) is 7.95. The molecule has 3 rings (SSSR count). The highest BCUT2D eigenvalue weighted by Gasteiger charge is 2.47. The summed E-state index contributed by atoms with van der Waals surface area (Å²) in [7, 11) is -7.02. The van der Waals surface area contributed by atoms with Gasteiger partial charge >= 0.3 is 0 Å². The van der Waals surface area contributed by atoms with E-state index in [1.165, 1.54) is 4.31 Å². The fraction of sp³-hybridized carbons (Fsp3) is 0.667. The number of hydrogen-bond donors (Lipinski definition) is 0. The number of aryl methyl sites for hydroxylation is 1. The molecule has 0 bridgehead atoms. The molecular formula is C18H27NO5S2. The molecule has 8 heteroatoms. The first-order valence-electron chi connectivity index (χ1n) is 9.23. The zero-order chi connectivity index (χ0) is 18.9. The zero-order valence-corrected chi connectivity index (χ0v) is 17.0. The lowest BCUT2D eigenvalue weighted by atomic mass is 10.0. The van der Waals surface area contributed by atoms with E-state index in [9.17, 15) is 16.8 Å². The van der Waals surface area contributed by atoms with Crippen LogP contribution in [-0.4, -0.2) is 51.3 Å². The van der Waals surface area contributed by atoms with Crippen LogP contribution in [0.5, 0.6) is 5.75 Å². The number of hydrogen-bond acceptors (Lipinski definition) is 5. The quantitative estimate of drug-likeness (QED) is 0.732. The standard InChI is InChI=1S/C18H27NO5S2/c1-3-24-17-10-9-14(2)11-18(17)26(22,23)19-12-16(13-19)25(20,21)15-7-5-4-6-8-15/h9-11,15-16H,3-8,12-13H2,1-2H3. The summed E-state index contributed by atoms with van der Waals surface area (Å²) in [5.41, 5.74) is 0.818. The topological polar surface area (TPSA) is 80.8 Å². The van der Waals surface area contributed by atoms with Crippen LogP contribution < -0.4 is 4.74 Å². The van der Waals surface area contributed by atoms with Crippen molar-refractivity contribution in [3.63, 3.8) is 0 Å². The SMILES string of the molecule is CCOc1ccc(C)cc1S(=O)(=O)N1CC(S(=O)(=O)C2CCCCC2)C1. The molecule has 1 aliphatic carbocycles. The minimum Gasteiger partial charge on any atom is -0.492 e. The summed E-state index contributed by atoms with van der Waals surface area (Å²) in [6.45, 7) is 4.07. The van der Waals surface area contributed by atoms with Crippen molar-refractivity contribution >= 4 is 19.9 Å². The molecule has 1 aromatic rings. The van der Waals surface area contributed by atoms with E-state index in [-0.39, 0.29) is 23.2 Å². The van der Waals surface area contributed by atoms with E-state index >= 15 is 0 Å². The number of nitrogens with zero attached hydrogens (tertiary/aromatic N) is 1. The second kappa shape index (κ2) is 7.48. The van der Waals surface area contributed by atoms with Gasteiger partial charge in [0.05, 0.1) is 17.1 Å². The number of sulfone groups is 1. The first-order valence-corrected chi connectivity index (χ1v) is 12.3. The molecule has 0 aromatic heterocycles. The molecule has 26 heavy (non-hydrogen) atoms. The zero-order valence-electron chi connectivity index (χ0n) is 15.3. The van der Waals surface area contributed by atoms with E-state index in [4.69, 9.17) is 4.74 Å². The van der Waals surface area contributed by atoms with Gasteiger partial charge < -0.3 is 4.74 Å². The van der Waals surface area contributed by atoms with Gasteiger partial charge in [0, 0.05) is 13.1 Å². The lowest BCUT2D eigenvalue weighted by Gasteiger charge is -2.40. The minimum absolute atomic E-state index is 0.0423. The molecule has 0 unspecified atom stereocenters. The van der Waals surface area contributed by atoms with Crippen LogP contribution in [0.25, 0.3) is 0 Å². The van der Waals surface area contributed by atoms with Crippen molar-refractivity contribution in [2.24, 2.45) is 0 Å². The third-order valence-electron chi connectivity index (χ3n) is 5.31. The number of rotatable bonds is 6. The largest absolute Gasteiger partial charge is 0.492 e. The second-order valence-electron chi connectivity index (χ2n) is 7.18. The Labute approximate surface area is 156 Å². The van der Waals surface area contributed by atoms with Gasteiger partial charge in [0.2, 0.25) is 10.0 Å². The predicted molar refractivity (Wildman–Crippen MR) is 101 cm³/mol. The van der Waals surface area contributed by atoms with E-state index in [1.807, 2.05) is 6.92 Å². The third-order valence-corrected chi connectivity index (χ3v) is 9.79. The minimum atomic E-state index is -3.76. The van der Waals surface area contributed by atoms with Crippen molar-refractivity contribution in [3.8, 4) is 5.75 Å². The summed E-state index contributed by atoms with van der Waals surface area (Å²) in [6, 6.07) is 5.04. The van der Waals surface area contributed by atoms with Crippen molar-refractivity contribution in [1.29, 1.82) is 0 Å². The van der Waals surface area contributed by atoms with Crippen LogP contribution >= 0.6 is 0 Å². The van der Waals surface area contributed by atoms with Crippen LogP contribution in [0, 0.1) is 6.92 Å². The summed E-state index contributed by atoms with van der Waals surface area (Å²) in [5.74, 6) is 0.316. The first-order chi connectivity index (χ1) is 12.3. The van der Waals surface area contributed by atoms with Gasteiger partial charge in [-0.3, -0.25) is 0 Å². The third kappa shape index (κ3) is 3.64. The van der Waals surface area contributed by atoms with Crippen molar-refractivity contribution in [3.05, 3.63) is 23.8 Å². The molecule has 0 atom stereocenters. The molecule has 0 amide bonds. The Morgan fingerprint density at radius 1 is 1.04 bits per heavy atom. The molecule has 0 N–H and O–H groups in total. The number of benzene rings is 1. The highest BCUT2D eigenvalue weighted by molar-refractivity contribution is 7.93. The highest BCUT2D eigenvalue weighted by Crippen LogP contribution is 2.34. The van der Waals surface area contributed by atoms with Gasteiger partial charge in [-0.2, -0.15) is 4.31 Å². The van der Waals surface area contributed by atoms with Gasteiger partial charge in [0.1, 0.15) is 10.6 Å². The molecule has 2 aliphatic rings. The number of ether oxygens (including phenoxy) is 1. The average Bonchev–Trinajstić information content (AvgIpc) is 2.55. The van der Waals surface area contributed by atoms with Crippen molar-refractivity contribution in [1.82, 2.24) is 4.31 Å². The molecule has 146 valence electrons. The maximum atomic E-state index is 13.0. The Hall–Kier alpha value is -1.12. The molecule has 0 spiro atoms. The Morgan fingerprint density at radius 2 is 1.69 bits per heavy atom. The van der Waals surface area contributed by atoms with Crippen molar-refractivity contribution < 1.29 is 21.6 Å². The van der Waals surface area contributed by atoms with Gasteiger partial charge in [-0.15, -0.1) is 0 Å².